The fourth-order valence-corrected chi connectivity index (χ4v) is 3.68. The summed E-state index contributed by atoms with van der Waals surface area (Å²) >= 11 is 0. The van der Waals surface area contributed by atoms with Crippen molar-refractivity contribution in [3.63, 3.8) is 0 Å². The lowest BCUT2D eigenvalue weighted by Gasteiger charge is -2.39. The van der Waals surface area contributed by atoms with Gasteiger partial charge in [-0.2, -0.15) is 0 Å². The minimum Gasteiger partial charge on any atom is -0.479 e. The van der Waals surface area contributed by atoms with Crippen LogP contribution in [0.15, 0.2) is 0 Å². The first-order chi connectivity index (χ1) is 11.3. The van der Waals surface area contributed by atoms with Gasteiger partial charge in [0.1, 0.15) is 18.3 Å². The standard InChI is InChI=1S/C14H28NO9P/c1-9-12(10(16)11(17)13(24-9)14(18)19)22-6-7-23-25(20,21)8-5-15(2,3)4/h9-13,16-17H,5-8H2,1-4H3,(H-,18,19,20,21)/p+1/t9?,10-,11-,12-,13?/m0/s1. The van der Waals surface area contributed by atoms with Crippen LogP contribution in [0.1, 0.15) is 6.92 Å². The van der Waals surface area contributed by atoms with Crippen LogP contribution in [0.4, 0.5) is 0 Å². The molecule has 4 N–H and O–H groups in total. The summed E-state index contributed by atoms with van der Waals surface area (Å²) in [6.07, 6.45) is -6.37. The highest BCUT2D eigenvalue weighted by molar-refractivity contribution is 7.52. The van der Waals surface area contributed by atoms with E-state index in [2.05, 4.69) is 0 Å². The van der Waals surface area contributed by atoms with Gasteiger partial charge >= 0.3 is 13.6 Å². The van der Waals surface area contributed by atoms with E-state index in [4.69, 9.17) is 19.1 Å². The number of carboxylic acids is 1. The van der Waals surface area contributed by atoms with E-state index in [1.807, 2.05) is 21.1 Å². The third kappa shape index (κ3) is 7.28. The molecule has 0 bridgehead atoms. The Bertz CT molecular complexity index is 495. The molecule has 1 saturated heterocycles. The van der Waals surface area contributed by atoms with Crippen LogP contribution in [0.2, 0.25) is 0 Å². The first-order valence-corrected chi connectivity index (χ1v) is 9.73. The number of hydrogen-bond acceptors (Lipinski definition) is 7. The molecule has 6 atom stereocenters. The zero-order valence-corrected chi connectivity index (χ0v) is 15.8. The largest absolute Gasteiger partial charge is 0.479 e. The number of rotatable bonds is 9. The van der Waals surface area contributed by atoms with Gasteiger partial charge in [-0.25, -0.2) is 4.79 Å². The number of ether oxygens (including phenoxy) is 2. The fourth-order valence-electron chi connectivity index (χ4n) is 2.33. The van der Waals surface area contributed by atoms with Crippen LogP contribution in [0, 0.1) is 0 Å². The van der Waals surface area contributed by atoms with E-state index >= 15 is 0 Å². The van der Waals surface area contributed by atoms with E-state index in [1.165, 1.54) is 6.92 Å². The predicted molar refractivity (Wildman–Crippen MR) is 87.3 cm³/mol. The average Bonchev–Trinajstić information content (AvgIpc) is 2.47. The Morgan fingerprint density at radius 1 is 1.20 bits per heavy atom. The summed E-state index contributed by atoms with van der Waals surface area (Å²) in [5.41, 5.74) is 0. The summed E-state index contributed by atoms with van der Waals surface area (Å²) in [5, 5.41) is 28.7. The molecule has 0 radical (unpaired) electrons. The van der Waals surface area contributed by atoms with E-state index in [1.54, 1.807) is 0 Å². The van der Waals surface area contributed by atoms with Gasteiger partial charge in [-0.3, -0.25) is 4.57 Å². The molecule has 1 rings (SSSR count). The van der Waals surface area contributed by atoms with Gasteiger partial charge in [0.15, 0.2) is 6.10 Å². The van der Waals surface area contributed by atoms with Crippen LogP contribution >= 0.6 is 7.60 Å². The molecule has 0 aromatic carbocycles. The van der Waals surface area contributed by atoms with Gasteiger partial charge in [-0.15, -0.1) is 0 Å². The molecule has 10 nitrogen and oxygen atoms in total. The second-order valence-electron chi connectivity index (χ2n) is 7.12. The van der Waals surface area contributed by atoms with Gasteiger partial charge in [0.2, 0.25) is 0 Å². The van der Waals surface area contributed by atoms with Crippen LogP contribution in [0.5, 0.6) is 0 Å². The van der Waals surface area contributed by atoms with Crippen molar-refractivity contribution < 1.29 is 48.1 Å². The summed E-state index contributed by atoms with van der Waals surface area (Å²) < 4.78 is 27.9. The second kappa shape index (κ2) is 8.88. The molecular weight excluding hydrogens is 357 g/mol. The van der Waals surface area contributed by atoms with E-state index in [0.29, 0.717) is 11.0 Å². The van der Waals surface area contributed by atoms with Crippen molar-refractivity contribution in [3.05, 3.63) is 0 Å². The number of hydrogen-bond donors (Lipinski definition) is 4. The maximum atomic E-state index is 11.9. The minimum absolute atomic E-state index is 0.00106. The Labute approximate surface area is 147 Å². The van der Waals surface area contributed by atoms with Gasteiger partial charge < -0.3 is 38.7 Å². The van der Waals surface area contributed by atoms with Crippen molar-refractivity contribution in [3.8, 4) is 0 Å². The number of carboxylic acid groups (broad SMARTS) is 1. The zero-order chi connectivity index (χ0) is 19.4. The van der Waals surface area contributed by atoms with Gasteiger partial charge in [0, 0.05) is 0 Å². The molecule has 1 heterocycles. The van der Waals surface area contributed by atoms with Gasteiger partial charge in [-0.1, -0.05) is 0 Å². The molecule has 3 unspecified atom stereocenters. The Hall–Kier alpha value is -0.580. The minimum atomic E-state index is -3.74. The van der Waals surface area contributed by atoms with Crippen LogP contribution in [0.3, 0.4) is 0 Å². The number of carbonyl (C=O) groups is 1. The summed E-state index contributed by atoms with van der Waals surface area (Å²) in [6.45, 7) is 1.67. The van der Waals surface area contributed by atoms with Crippen molar-refractivity contribution in [1.82, 2.24) is 0 Å². The number of quaternary nitrogens is 1. The molecule has 0 aliphatic carbocycles. The molecule has 0 amide bonds. The topological polar surface area (TPSA) is 143 Å². The fraction of sp³-hybridized carbons (Fsp3) is 0.929. The second-order valence-corrected chi connectivity index (χ2v) is 9.11. The van der Waals surface area contributed by atoms with Gasteiger partial charge in [0.25, 0.3) is 0 Å². The lowest BCUT2D eigenvalue weighted by molar-refractivity contribution is -0.867. The van der Waals surface area contributed by atoms with Crippen molar-refractivity contribution in [2.45, 2.75) is 37.4 Å². The van der Waals surface area contributed by atoms with E-state index in [-0.39, 0.29) is 19.4 Å². The summed E-state index contributed by atoms with van der Waals surface area (Å²) in [4.78, 5) is 20.7. The average molecular weight is 386 g/mol. The van der Waals surface area contributed by atoms with Crippen molar-refractivity contribution in [1.29, 1.82) is 0 Å². The summed E-state index contributed by atoms with van der Waals surface area (Å²) in [7, 11) is 1.94. The van der Waals surface area contributed by atoms with Crippen LogP contribution < -0.4 is 0 Å². The lowest BCUT2D eigenvalue weighted by Crippen LogP contribution is -2.59. The number of aliphatic carboxylic acids is 1. The highest BCUT2D eigenvalue weighted by Crippen LogP contribution is 2.41. The van der Waals surface area contributed by atoms with Crippen LogP contribution in [-0.2, 0) is 23.4 Å². The third-order valence-corrected chi connectivity index (χ3v) is 5.16. The monoisotopic (exact) mass is 386 g/mol. The number of nitrogens with zero attached hydrogens (tertiary/aromatic N) is 1. The maximum Gasteiger partial charge on any atom is 0.335 e. The van der Waals surface area contributed by atoms with Crippen molar-refractivity contribution in [2.75, 3.05) is 47.1 Å². The summed E-state index contributed by atoms with van der Waals surface area (Å²) in [5.74, 6) is -1.38. The molecule has 0 aromatic rings. The normalized spacial score (nSPS) is 33.0. The van der Waals surface area contributed by atoms with Gasteiger partial charge in [-0.05, 0) is 6.92 Å². The Morgan fingerprint density at radius 2 is 1.80 bits per heavy atom. The number of aliphatic hydroxyl groups is 2. The first kappa shape index (κ1) is 22.5. The Morgan fingerprint density at radius 3 is 2.32 bits per heavy atom. The maximum absolute atomic E-state index is 11.9. The van der Waals surface area contributed by atoms with E-state index in [0.717, 1.165) is 0 Å². The first-order valence-electron chi connectivity index (χ1n) is 7.97. The van der Waals surface area contributed by atoms with Crippen molar-refractivity contribution >= 4 is 13.6 Å². The predicted octanol–water partition coefficient (Wildman–Crippen LogP) is -1.13. The SMILES string of the molecule is CC1OC(C(=O)O)[C@@H](O)[C@H](O)[C@H]1OCCOP(=O)(O)CC[N+](C)(C)C. The zero-order valence-electron chi connectivity index (χ0n) is 14.9. The molecular formula is C14H29NO9P+. The quantitative estimate of drug-likeness (QED) is 0.220. The molecule has 1 aliphatic heterocycles. The van der Waals surface area contributed by atoms with E-state index < -0.39 is 44.1 Å². The molecule has 25 heavy (non-hydrogen) atoms. The summed E-state index contributed by atoms with van der Waals surface area (Å²) in [6, 6.07) is 0. The highest BCUT2D eigenvalue weighted by atomic mass is 31.2. The van der Waals surface area contributed by atoms with Gasteiger partial charge in [0.05, 0.1) is 53.2 Å². The lowest BCUT2D eigenvalue weighted by atomic mass is 9.95. The van der Waals surface area contributed by atoms with E-state index in [9.17, 15) is 24.5 Å². The number of aliphatic hydroxyl groups excluding tert-OH is 2. The third-order valence-electron chi connectivity index (χ3n) is 3.80. The molecule has 0 saturated carbocycles. The Kier molecular flexibility index (Phi) is 7.97. The van der Waals surface area contributed by atoms with Crippen molar-refractivity contribution in [2.24, 2.45) is 0 Å². The molecule has 148 valence electrons. The molecule has 1 aliphatic rings. The highest BCUT2D eigenvalue weighted by Gasteiger charge is 2.46. The molecule has 0 aromatic heterocycles. The molecule has 1 fully saturated rings. The van der Waals surface area contributed by atoms with Crippen LogP contribution in [-0.4, -0.2) is 108 Å². The smallest absolute Gasteiger partial charge is 0.335 e. The Balaban J connectivity index is 2.43. The molecule has 11 heteroatoms. The van der Waals surface area contributed by atoms with Crippen LogP contribution in [0.25, 0.3) is 0 Å². The molecule has 0 spiro atoms.